The van der Waals surface area contributed by atoms with Crippen molar-refractivity contribution in [3.05, 3.63) is 29.8 Å². The number of ether oxygens (including phenoxy) is 2. The molecule has 0 N–H and O–H groups in total. The summed E-state index contributed by atoms with van der Waals surface area (Å²) in [6, 6.07) is 7.08. The topological polar surface area (TPSA) is 76.2 Å². The summed E-state index contributed by atoms with van der Waals surface area (Å²) in [4.78, 5) is 14.7. The number of carbonyl (C=O) groups excluding carboxylic acids is 1. The second-order valence-electron chi connectivity index (χ2n) is 8.42. The van der Waals surface area contributed by atoms with Gasteiger partial charge in [0.15, 0.2) is 0 Å². The minimum absolute atomic E-state index is 0.0677. The van der Waals surface area contributed by atoms with E-state index < -0.39 is 16.1 Å². The average Bonchev–Trinajstić information content (AvgIpc) is 2.77. The molecule has 3 rings (SSSR count). The van der Waals surface area contributed by atoms with Crippen molar-refractivity contribution >= 4 is 15.9 Å². The highest BCUT2D eigenvalue weighted by atomic mass is 32.2. The van der Waals surface area contributed by atoms with Gasteiger partial charge in [0.25, 0.3) is 5.91 Å². The SMILES string of the molecule is CC(OCC1CCCCO1)C(=O)N1CCN(S(=O)(=O)c2ccc(C(C)C)cc2)CC1. The summed E-state index contributed by atoms with van der Waals surface area (Å²) < 4.78 is 38.7. The number of carbonyl (C=O) groups is 1. The van der Waals surface area contributed by atoms with Crippen LogP contribution in [0.5, 0.6) is 0 Å². The van der Waals surface area contributed by atoms with Gasteiger partial charge in [-0.25, -0.2) is 8.42 Å². The molecule has 168 valence electrons. The average molecular weight is 439 g/mol. The summed E-state index contributed by atoms with van der Waals surface area (Å²) in [6.07, 6.45) is 2.70. The van der Waals surface area contributed by atoms with Gasteiger partial charge in [-0.3, -0.25) is 4.79 Å². The van der Waals surface area contributed by atoms with Crippen molar-refractivity contribution in [2.24, 2.45) is 0 Å². The second kappa shape index (κ2) is 10.2. The first-order valence-corrected chi connectivity index (χ1v) is 12.3. The zero-order valence-corrected chi connectivity index (χ0v) is 19.1. The maximum atomic E-state index is 12.9. The van der Waals surface area contributed by atoms with E-state index in [0.29, 0.717) is 43.6 Å². The summed E-state index contributed by atoms with van der Waals surface area (Å²) in [6.45, 7) is 8.41. The predicted octanol–water partition coefficient (Wildman–Crippen LogP) is 2.62. The Morgan fingerprint density at radius 3 is 2.33 bits per heavy atom. The number of amides is 1. The highest BCUT2D eigenvalue weighted by Crippen LogP contribution is 2.21. The fraction of sp³-hybridized carbons (Fsp3) is 0.682. The number of nitrogens with zero attached hydrogens (tertiary/aromatic N) is 2. The van der Waals surface area contributed by atoms with E-state index in [1.165, 1.54) is 4.31 Å². The molecule has 30 heavy (non-hydrogen) atoms. The molecule has 2 unspecified atom stereocenters. The summed E-state index contributed by atoms with van der Waals surface area (Å²) in [5.41, 5.74) is 1.11. The first-order chi connectivity index (χ1) is 14.3. The van der Waals surface area contributed by atoms with Gasteiger partial charge in [-0.05, 0) is 49.8 Å². The minimum Gasteiger partial charge on any atom is -0.376 e. The predicted molar refractivity (Wildman–Crippen MR) is 115 cm³/mol. The van der Waals surface area contributed by atoms with Crippen molar-refractivity contribution in [2.75, 3.05) is 39.4 Å². The molecule has 7 nitrogen and oxygen atoms in total. The van der Waals surface area contributed by atoms with Gasteiger partial charge in [0.05, 0.1) is 17.6 Å². The van der Waals surface area contributed by atoms with Crippen LogP contribution < -0.4 is 0 Å². The van der Waals surface area contributed by atoms with Crippen LogP contribution in [-0.4, -0.2) is 75.1 Å². The first-order valence-electron chi connectivity index (χ1n) is 10.9. The van der Waals surface area contributed by atoms with Gasteiger partial charge < -0.3 is 14.4 Å². The zero-order valence-electron chi connectivity index (χ0n) is 18.2. The molecule has 2 atom stereocenters. The standard InChI is InChI=1S/C22H34N2O5S/c1-17(2)19-7-9-21(10-8-19)30(26,27)24-13-11-23(12-14-24)22(25)18(3)29-16-20-6-4-5-15-28-20/h7-10,17-18,20H,4-6,11-16H2,1-3H3. The van der Waals surface area contributed by atoms with Gasteiger partial charge in [-0.15, -0.1) is 0 Å². The molecular formula is C22H34N2O5S. The molecule has 2 aliphatic rings. The van der Waals surface area contributed by atoms with Crippen LogP contribution in [0.4, 0.5) is 0 Å². The number of sulfonamides is 1. The van der Waals surface area contributed by atoms with E-state index in [2.05, 4.69) is 13.8 Å². The van der Waals surface area contributed by atoms with Gasteiger partial charge >= 0.3 is 0 Å². The molecule has 1 amide bonds. The first kappa shape index (κ1) is 23.2. The lowest BCUT2D eigenvalue weighted by molar-refractivity contribution is -0.147. The van der Waals surface area contributed by atoms with Crippen molar-refractivity contribution in [1.29, 1.82) is 0 Å². The van der Waals surface area contributed by atoms with E-state index in [9.17, 15) is 13.2 Å². The Morgan fingerprint density at radius 1 is 1.10 bits per heavy atom. The largest absolute Gasteiger partial charge is 0.376 e. The van der Waals surface area contributed by atoms with Crippen LogP contribution in [0.15, 0.2) is 29.2 Å². The van der Waals surface area contributed by atoms with E-state index in [0.717, 1.165) is 31.4 Å². The van der Waals surface area contributed by atoms with Crippen LogP contribution in [0, 0.1) is 0 Å². The monoisotopic (exact) mass is 438 g/mol. The molecule has 2 aliphatic heterocycles. The molecule has 0 aliphatic carbocycles. The molecule has 0 saturated carbocycles. The Bertz CT molecular complexity index is 795. The molecule has 1 aromatic rings. The van der Waals surface area contributed by atoms with Crippen LogP contribution in [0.1, 0.15) is 51.5 Å². The van der Waals surface area contributed by atoms with E-state index >= 15 is 0 Å². The van der Waals surface area contributed by atoms with Gasteiger partial charge in [-0.2, -0.15) is 4.31 Å². The van der Waals surface area contributed by atoms with Gasteiger partial charge in [0.2, 0.25) is 10.0 Å². The van der Waals surface area contributed by atoms with Gasteiger partial charge in [-0.1, -0.05) is 26.0 Å². The molecule has 2 saturated heterocycles. The number of piperazine rings is 1. The number of hydrogen-bond acceptors (Lipinski definition) is 5. The van der Waals surface area contributed by atoms with Crippen LogP contribution >= 0.6 is 0 Å². The Kier molecular flexibility index (Phi) is 7.90. The molecule has 2 heterocycles. The molecule has 0 radical (unpaired) electrons. The lowest BCUT2D eigenvalue weighted by Gasteiger charge is -2.35. The van der Waals surface area contributed by atoms with E-state index in [1.807, 2.05) is 12.1 Å². The van der Waals surface area contributed by atoms with Gasteiger partial charge in [0, 0.05) is 32.8 Å². The Morgan fingerprint density at radius 2 is 1.77 bits per heavy atom. The number of benzene rings is 1. The number of rotatable bonds is 7. The van der Waals surface area contributed by atoms with Crippen molar-refractivity contribution in [1.82, 2.24) is 9.21 Å². The van der Waals surface area contributed by atoms with Crippen molar-refractivity contribution < 1.29 is 22.7 Å². The van der Waals surface area contributed by atoms with E-state index in [1.54, 1.807) is 24.0 Å². The maximum Gasteiger partial charge on any atom is 0.251 e. The zero-order chi connectivity index (χ0) is 21.7. The third-order valence-corrected chi connectivity index (χ3v) is 7.80. The second-order valence-corrected chi connectivity index (χ2v) is 10.4. The summed E-state index contributed by atoms with van der Waals surface area (Å²) in [5.74, 6) is 0.259. The summed E-state index contributed by atoms with van der Waals surface area (Å²) >= 11 is 0. The fourth-order valence-corrected chi connectivity index (χ4v) is 5.26. The lowest BCUT2D eigenvalue weighted by Crippen LogP contribution is -2.52. The molecule has 2 fully saturated rings. The van der Waals surface area contributed by atoms with Crippen LogP contribution in [0.2, 0.25) is 0 Å². The van der Waals surface area contributed by atoms with E-state index in [-0.39, 0.29) is 12.0 Å². The third-order valence-electron chi connectivity index (χ3n) is 5.89. The quantitative estimate of drug-likeness (QED) is 0.654. The van der Waals surface area contributed by atoms with Crippen LogP contribution in [0.3, 0.4) is 0 Å². The molecule has 0 aromatic heterocycles. The van der Waals surface area contributed by atoms with Crippen LogP contribution in [-0.2, 0) is 24.3 Å². The minimum atomic E-state index is -3.55. The van der Waals surface area contributed by atoms with Gasteiger partial charge in [0.1, 0.15) is 6.10 Å². The smallest absolute Gasteiger partial charge is 0.251 e. The summed E-state index contributed by atoms with van der Waals surface area (Å²) in [5, 5.41) is 0. The third kappa shape index (κ3) is 5.60. The fourth-order valence-electron chi connectivity index (χ4n) is 3.84. The highest BCUT2D eigenvalue weighted by Gasteiger charge is 2.32. The van der Waals surface area contributed by atoms with E-state index in [4.69, 9.17) is 9.47 Å². The molecule has 0 spiro atoms. The number of hydrogen-bond donors (Lipinski definition) is 0. The summed E-state index contributed by atoms with van der Waals surface area (Å²) in [7, 11) is -3.55. The molecule has 0 bridgehead atoms. The lowest BCUT2D eigenvalue weighted by atomic mass is 10.0. The molecule has 1 aromatic carbocycles. The highest BCUT2D eigenvalue weighted by molar-refractivity contribution is 7.89. The van der Waals surface area contributed by atoms with Crippen LogP contribution in [0.25, 0.3) is 0 Å². The maximum absolute atomic E-state index is 12.9. The Balaban J connectivity index is 1.51. The molecular weight excluding hydrogens is 404 g/mol. The van der Waals surface area contributed by atoms with Crippen molar-refractivity contribution in [3.8, 4) is 0 Å². The Labute approximate surface area is 180 Å². The normalized spacial score (nSPS) is 22.3. The van der Waals surface area contributed by atoms with Crippen molar-refractivity contribution in [2.45, 2.75) is 63.1 Å². The van der Waals surface area contributed by atoms with Crippen molar-refractivity contribution in [3.63, 3.8) is 0 Å². The Hall–Kier alpha value is -1.48. The molecule has 8 heteroatoms.